The highest BCUT2D eigenvalue weighted by molar-refractivity contribution is 5.71. The molecule has 0 aliphatic rings. The largest absolute Gasteiger partial charge is 0.462 e. The van der Waals surface area contributed by atoms with Crippen LogP contribution in [-0.4, -0.2) is 37.2 Å². The number of unbranched alkanes of at least 4 members (excludes halogenated alkanes) is 40. The van der Waals surface area contributed by atoms with Crippen molar-refractivity contribution in [2.24, 2.45) is 0 Å². The van der Waals surface area contributed by atoms with Crippen LogP contribution in [0.3, 0.4) is 0 Å². The molecule has 1 unspecified atom stereocenters. The molecule has 0 saturated carbocycles. The third-order valence-corrected chi connectivity index (χ3v) is 15.2. The van der Waals surface area contributed by atoms with Crippen LogP contribution in [0, 0.1) is 0 Å². The monoisotopic (exact) mass is 1100 g/mol. The second-order valence-corrected chi connectivity index (χ2v) is 23.1. The molecule has 0 bridgehead atoms. The molecule has 79 heavy (non-hydrogen) atoms. The lowest BCUT2D eigenvalue weighted by molar-refractivity contribution is -0.167. The van der Waals surface area contributed by atoms with E-state index in [-0.39, 0.29) is 31.1 Å². The number of rotatable bonds is 63. The third-order valence-electron chi connectivity index (χ3n) is 15.2. The zero-order valence-corrected chi connectivity index (χ0v) is 52.6. The lowest BCUT2D eigenvalue weighted by Gasteiger charge is -2.18. The number of allylic oxidation sites excluding steroid dienone is 12. The predicted octanol–water partition coefficient (Wildman–Crippen LogP) is 23.7. The van der Waals surface area contributed by atoms with Gasteiger partial charge >= 0.3 is 17.9 Å². The topological polar surface area (TPSA) is 78.9 Å². The highest BCUT2D eigenvalue weighted by Gasteiger charge is 2.19. The van der Waals surface area contributed by atoms with Crippen molar-refractivity contribution in [1.29, 1.82) is 0 Å². The Morgan fingerprint density at radius 3 is 0.747 bits per heavy atom. The highest BCUT2D eigenvalue weighted by Crippen LogP contribution is 2.17. The van der Waals surface area contributed by atoms with E-state index in [0.29, 0.717) is 19.3 Å². The summed E-state index contributed by atoms with van der Waals surface area (Å²) in [7, 11) is 0. The zero-order valence-electron chi connectivity index (χ0n) is 52.6. The molecule has 0 amide bonds. The molecule has 0 aromatic rings. The molecule has 6 heteroatoms. The minimum Gasteiger partial charge on any atom is -0.462 e. The van der Waals surface area contributed by atoms with Crippen LogP contribution in [0.25, 0.3) is 0 Å². The lowest BCUT2D eigenvalue weighted by Crippen LogP contribution is -2.30. The van der Waals surface area contributed by atoms with Crippen molar-refractivity contribution in [3.63, 3.8) is 0 Å². The van der Waals surface area contributed by atoms with Crippen molar-refractivity contribution >= 4 is 17.9 Å². The van der Waals surface area contributed by atoms with Crippen LogP contribution in [0.1, 0.15) is 355 Å². The van der Waals surface area contributed by atoms with Crippen molar-refractivity contribution in [3.05, 3.63) is 72.9 Å². The molecular formula is C73H130O6. The maximum Gasteiger partial charge on any atom is 0.306 e. The first-order valence-corrected chi connectivity index (χ1v) is 34.4. The first-order valence-electron chi connectivity index (χ1n) is 34.4. The van der Waals surface area contributed by atoms with Gasteiger partial charge in [-0.2, -0.15) is 0 Å². The minimum atomic E-state index is -0.786. The van der Waals surface area contributed by atoms with Gasteiger partial charge in [-0.25, -0.2) is 0 Å². The predicted molar refractivity (Wildman–Crippen MR) is 344 cm³/mol. The molecule has 6 nitrogen and oxygen atoms in total. The van der Waals surface area contributed by atoms with Gasteiger partial charge in [0, 0.05) is 19.3 Å². The number of esters is 3. The maximum atomic E-state index is 13.0. The molecule has 0 aromatic heterocycles. The highest BCUT2D eigenvalue weighted by atomic mass is 16.6. The summed E-state index contributed by atoms with van der Waals surface area (Å²) in [6, 6.07) is 0. The van der Waals surface area contributed by atoms with Gasteiger partial charge in [-0.1, -0.05) is 293 Å². The Morgan fingerprint density at radius 1 is 0.253 bits per heavy atom. The maximum absolute atomic E-state index is 13.0. The van der Waals surface area contributed by atoms with Crippen LogP contribution in [0.2, 0.25) is 0 Å². The summed E-state index contributed by atoms with van der Waals surface area (Å²) in [4.78, 5) is 38.5. The van der Waals surface area contributed by atoms with Crippen LogP contribution in [-0.2, 0) is 28.6 Å². The van der Waals surface area contributed by atoms with E-state index in [4.69, 9.17) is 14.2 Å². The summed E-state index contributed by atoms with van der Waals surface area (Å²) >= 11 is 0. The van der Waals surface area contributed by atoms with E-state index in [1.807, 2.05) is 0 Å². The molecule has 0 aliphatic heterocycles. The summed E-state index contributed by atoms with van der Waals surface area (Å²) in [5.74, 6) is -0.881. The van der Waals surface area contributed by atoms with Gasteiger partial charge in [0.1, 0.15) is 13.2 Å². The van der Waals surface area contributed by atoms with Gasteiger partial charge in [-0.05, 0) is 116 Å². The molecule has 0 heterocycles. The molecule has 0 radical (unpaired) electrons. The van der Waals surface area contributed by atoms with Gasteiger partial charge < -0.3 is 14.2 Å². The van der Waals surface area contributed by atoms with Gasteiger partial charge in [0.15, 0.2) is 6.10 Å². The standard InChI is InChI=1S/C73H130O6/c1-4-7-10-13-16-19-22-25-28-31-34-36-39-42-45-48-51-54-57-60-63-66-72(75)78-69-70(68-77-71(74)65-62-59-56-53-50-47-44-41-38-33-30-27-24-21-18-15-12-9-6-3)79-73(76)67-64-61-58-55-52-49-46-43-40-37-35-32-29-26-23-20-17-14-11-8-5-2/h18,21-22,25,27,30-32,34-35,38,41,70H,4-17,19-20,23-24,26,28-29,33,36-37,39-40,42-69H2,1-3H3/b21-18-,25-22-,30-27-,34-31-,35-32-,41-38-. The lowest BCUT2D eigenvalue weighted by atomic mass is 10.1. The third kappa shape index (κ3) is 65.5. The Labute approximate surface area is 491 Å². The quantitative estimate of drug-likeness (QED) is 0.0261. The molecule has 0 aliphatic carbocycles. The van der Waals surface area contributed by atoms with Gasteiger partial charge in [0.25, 0.3) is 0 Å². The summed E-state index contributed by atoms with van der Waals surface area (Å²) < 4.78 is 17.0. The van der Waals surface area contributed by atoms with Crippen LogP contribution >= 0.6 is 0 Å². The van der Waals surface area contributed by atoms with E-state index in [2.05, 4.69) is 93.7 Å². The fourth-order valence-electron chi connectivity index (χ4n) is 9.95. The minimum absolute atomic E-state index is 0.0811. The van der Waals surface area contributed by atoms with Crippen LogP contribution in [0.5, 0.6) is 0 Å². The van der Waals surface area contributed by atoms with E-state index in [1.54, 1.807) is 0 Å². The average Bonchev–Trinajstić information content (AvgIpc) is 3.45. The van der Waals surface area contributed by atoms with Crippen LogP contribution in [0.15, 0.2) is 72.9 Å². The van der Waals surface area contributed by atoms with Gasteiger partial charge in [-0.15, -0.1) is 0 Å². The fourth-order valence-corrected chi connectivity index (χ4v) is 9.95. The average molecular weight is 1100 g/mol. The Kier molecular flexibility index (Phi) is 64.7. The summed E-state index contributed by atoms with van der Waals surface area (Å²) in [6.45, 7) is 6.64. The van der Waals surface area contributed by atoms with E-state index in [0.717, 1.165) is 83.5 Å². The molecule has 0 aromatic carbocycles. The van der Waals surface area contributed by atoms with Crippen molar-refractivity contribution in [2.45, 2.75) is 361 Å². The fraction of sp³-hybridized carbons (Fsp3) is 0.795. The number of hydrogen-bond acceptors (Lipinski definition) is 6. The first-order chi connectivity index (χ1) is 39.0. The molecule has 0 rings (SSSR count). The van der Waals surface area contributed by atoms with Crippen molar-refractivity contribution in [1.82, 2.24) is 0 Å². The molecule has 1 atom stereocenters. The molecular weight excluding hydrogens is 973 g/mol. The second kappa shape index (κ2) is 67.4. The van der Waals surface area contributed by atoms with E-state index in [1.165, 1.54) is 231 Å². The molecule has 0 saturated heterocycles. The molecule has 0 N–H and O–H groups in total. The zero-order chi connectivity index (χ0) is 57.1. The number of carbonyl (C=O) groups excluding carboxylic acids is 3. The Hall–Kier alpha value is -3.15. The van der Waals surface area contributed by atoms with Gasteiger partial charge in [0.2, 0.25) is 0 Å². The van der Waals surface area contributed by atoms with E-state index < -0.39 is 6.10 Å². The summed E-state index contributed by atoms with van der Waals surface area (Å²) in [5.41, 5.74) is 0. The first kappa shape index (κ1) is 75.8. The molecule has 458 valence electrons. The molecule has 0 fully saturated rings. The van der Waals surface area contributed by atoms with E-state index >= 15 is 0 Å². The van der Waals surface area contributed by atoms with Crippen molar-refractivity contribution in [3.8, 4) is 0 Å². The number of ether oxygens (including phenoxy) is 3. The second-order valence-electron chi connectivity index (χ2n) is 23.1. The summed E-state index contributed by atoms with van der Waals surface area (Å²) in [5, 5.41) is 0. The number of hydrogen-bond donors (Lipinski definition) is 0. The SMILES string of the molecule is CCCCC/C=C\C/C=C\C/C=C\CCCCCCCCC(=O)OCC(COC(=O)CCCCCCCCCCC/C=C\C/C=C\CCCCCCC)OC(=O)CCCCCCCCCCC/C=C\CCCCCCCCCC. The van der Waals surface area contributed by atoms with Crippen LogP contribution < -0.4 is 0 Å². The normalized spacial score (nSPS) is 12.5. The van der Waals surface area contributed by atoms with E-state index in [9.17, 15) is 14.4 Å². The molecule has 0 spiro atoms. The summed E-state index contributed by atoms with van der Waals surface area (Å²) in [6.07, 6.45) is 87.6. The number of carbonyl (C=O) groups is 3. The Morgan fingerprint density at radius 2 is 0.456 bits per heavy atom. The van der Waals surface area contributed by atoms with Crippen LogP contribution in [0.4, 0.5) is 0 Å². The smallest absolute Gasteiger partial charge is 0.306 e. The van der Waals surface area contributed by atoms with Crippen molar-refractivity contribution < 1.29 is 28.6 Å². The van der Waals surface area contributed by atoms with Gasteiger partial charge in [0.05, 0.1) is 0 Å². The van der Waals surface area contributed by atoms with Crippen molar-refractivity contribution in [2.75, 3.05) is 13.2 Å². The Balaban J connectivity index is 4.39. The van der Waals surface area contributed by atoms with Gasteiger partial charge in [-0.3, -0.25) is 14.4 Å². The Bertz CT molecular complexity index is 1450.